The second-order valence-corrected chi connectivity index (χ2v) is 4.96. The van der Waals surface area contributed by atoms with Gasteiger partial charge in [0.15, 0.2) is 5.69 Å². The molecule has 0 bridgehead atoms. The summed E-state index contributed by atoms with van der Waals surface area (Å²) in [6, 6.07) is 7.16. The van der Waals surface area contributed by atoms with Gasteiger partial charge < -0.3 is 10.4 Å². The first-order valence-corrected chi connectivity index (χ1v) is 6.58. The molecule has 6 heteroatoms. The Bertz CT molecular complexity index is 608. The van der Waals surface area contributed by atoms with Gasteiger partial charge in [-0.15, -0.1) is 0 Å². The van der Waals surface area contributed by atoms with E-state index < -0.39 is 6.10 Å². The number of hydrogen-bond donors (Lipinski definition) is 2. The van der Waals surface area contributed by atoms with Gasteiger partial charge in [0.25, 0.3) is 5.91 Å². The number of nitrogens with one attached hydrogen (secondary N) is 1. The molecule has 0 aliphatic heterocycles. The standard InChI is InChI=1S/C13H14BrN3O2/c1-8(18)10-4-3-9(7-11(10)14)17-6-5-12(16-17)13(19)15-2/h3-8,18H,1-2H3,(H,15,19). The molecule has 0 saturated carbocycles. The summed E-state index contributed by atoms with van der Waals surface area (Å²) in [7, 11) is 1.56. The van der Waals surface area contributed by atoms with Crippen LogP contribution in [0, 0.1) is 0 Å². The molecule has 1 aromatic carbocycles. The molecule has 0 spiro atoms. The fraction of sp³-hybridized carbons (Fsp3) is 0.231. The number of hydrogen-bond acceptors (Lipinski definition) is 3. The minimum atomic E-state index is -0.539. The smallest absolute Gasteiger partial charge is 0.271 e. The fourth-order valence-corrected chi connectivity index (χ4v) is 2.41. The molecule has 1 unspecified atom stereocenters. The van der Waals surface area contributed by atoms with Gasteiger partial charge in [0.2, 0.25) is 0 Å². The number of halogens is 1. The van der Waals surface area contributed by atoms with Crippen LogP contribution in [0.3, 0.4) is 0 Å². The lowest BCUT2D eigenvalue weighted by Crippen LogP contribution is -2.18. The third kappa shape index (κ3) is 2.85. The number of aliphatic hydroxyl groups excluding tert-OH is 1. The minimum absolute atomic E-state index is 0.224. The second-order valence-electron chi connectivity index (χ2n) is 4.11. The van der Waals surface area contributed by atoms with Gasteiger partial charge in [0, 0.05) is 17.7 Å². The molecule has 2 rings (SSSR count). The highest BCUT2D eigenvalue weighted by Gasteiger charge is 2.10. The number of aromatic nitrogens is 2. The van der Waals surface area contributed by atoms with E-state index >= 15 is 0 Å². The van der Waals surface area contributed by atoms with Crippen LogP contribution in [-0.4, -0.2) is 27.8 Å². The van der Waals surface area contributed by atoms with E-state index in [1.165, 1.54) is 0 Å². The molecule has 1 atom stereocenters. The third-order valence-electron chi connectivity index (χ3n) is 2.75. The van der Waals surface area contributed by atoms with E-state index in [-0.39, 0.29) is 5.91 Å². The van der Waals surface area contributed by atoms with Crippen molar-refractivity contribution in [1.82, 2.24) is 15.1 Å². The molecule has 0 aliphatic carbocycles. The van der Waals surface area contributed by atoms with Gasteiger partial charge in [0.1, 0.15) is 0 Å². The first-order chi connectivity index (χ1) is 9.02. The average Bonchev–Trinajstić information content (AvgIpc) is 2.86. The van der Waals surface area contributed by atoms with Gasteiger partial charge in [-0.2, -0.15) is 5.10 Å². The number of benzene rings is 1. The van der Waals surface area contributed by atoms with Crippen molar-refractivity contribution in [3.05, 3.63) is 46.2 Å². The predicted octanol–water partition coefficient (Wildman–Crippen LogP) is 2.05. The third-order valence-corrected chi connectivity index (χ3v) is 3.43. The Morgan fingerprint density at radius 2 is 2.21 bits per heavy atom. The quantitative estimate of drug-likeness (QED) is 0.908. The lowest BCUT2D eigenvalue weighted by Gasteiger charge is -2.09. The molecule has 2 N–H and O–H groups in total. The summed E-state index contributed by atoms with van der Waals surface area (Å²) in [6.07, 6.45) is 1.18. The molecular formula is C13H14BrN3O2. The first kappa shape index (κ1) is 13.8. The summed E-state index contributed by atoms with van der Waals surface area (Å²) < 4.78 is 2.42. The van der Waals surface area contributed by atoms with E-state index in [1.54, 1.807) is 30.9 Å². The van der Waals surface area contributed by atoms with Crippen molar-refractivity contribution in [3.8, 4) is 5.69 Å². The number of rotatable bonds is 3. The van der Waals surface area contributed by atoms with Crippen molar-refractivity contribution in [2.45, 2.75) is 13.0 Å². The van der Waals surface area contributed by atoms with Gasteiger partial charge in [-0.1, -0.05) is 22.0 Å². The highest BCUT2D eigenvalue weighted by atomic mass is 79.9. The van der Waals surface area contributed by atoms with Crippen molar-refractivity contribution < 1.29 is 9.90 Å². The first-order valence-electron chi connectivity index (χ1n) is 5.78. The number of carbonyl (C=O) groups is 1. The molecule has 0 aliphatic rings. The summed E-state index contributed by atoms with van der Waals surface area (Å²) in [5, 5.41) is 16.3. The fourth-order valence-electron chi connectivity index (χ4n) is 1.71. The van der Waals surface area contributed by atoms with Crippen LogP contribution in [0.5, 0.6) is 0 Å². The van der Waals surface area contributed by atoms with E-state index in [9.17, 15) is 9.90 Å². The maximum absolute atomic E-state index is 11.4. The van der Waals surface area contributed by atoms with Gasteiger partial charge in [-0.3, -0.25) is 4.79 Å². The highest BCUT2D eigenvalue weighted by Crippen LogP contribution is 2.25. The summed E-state index contributed by atoms with van der Waals surface area (Å²) in [6.45, 7) is 1.71. The Balaban J connectivity index is 2.35. The van der Waals surface area contributed by atoms with Crippen LogP contribution in [0.2, 0.25) is 0 Å². The lowest BCUT2D eigenvalue weighted by atomic mass is 10.1. The number of aliphatic hydroxyl groups is 1. The zero-order chi connectivity index (χ0) is 14.0. The molecule has 1 heterocycles. The average molecular weight is 324 g/mol. The van der Waals surface area contributed by atoms with Crippen molar-refractivity contribution in [3.63, 3.8) is 0 Å². The Hall–Kier alpha value is -1.66. The Kier molecular flexibility index (Phi) is 4.01. The largest absolute Gasteiger partial charge is 0.389 e. The van der Waals surface area contributed by atoms with E-state index in [0.717, 1.165) is 15.7 Å². The second kappa shape index (κ2) is 5.54. The maximum atomic E-state index is 11.4. The SMILES string of the molecule is CNC(=O)c1ccn(-c2ccc(C(C)O)c(Br)c2)n1. The maximum Gasteiger partial charge on any atom is 0.271 e. The minimum Gasteiger partial charge on any atom is -0.389 e. The van der Waals surface area contributed by atoms with Crippen LogP contribution in [-0.2, 0) is 0 Å². The molecule has 1 aromatic heterocycles. The highest BCUT2D eigenvalue weighted by molar-refractivity contribution is 9.10. The number of carbonyl (C=O) groups excluding carboxylic acids is 1. The molecule has 5 nitrogen and oxygen atoms in total. The zero-order valence-electron chi connectivity index (χ0n) is 10.6. The van der Waals surface area contributed by atoms with Crippen LogP contribution in [0.25, 0.3) is 5.69 Å². The van der Waals surface area contributed by atoms with E-state index in [1.807, 2.05) is 18.2 Å². The van der Waals surface area contributed by atoms with Gasteiger partial charge in [-0.25, -0.2) is 4.68 Å². The van der Waals surface area contributed by atoms with Gasteiger partial charge in [-0.05, 0) is 30.7 Å². The van der Waals surface area contributed by atoms with Crippen molar-refractivity contribution in [2.75, 3.05) is 7.05 Å². The molecule has 0 saturated heterocycles. The normalized spacial score (nSPS) is 12.2. The van der Waals surface area contributed by atoms with Crippen molar-refractivity contribution >= 4 is 21.8 Å². The summed E-state index contributed by atoms with van der Waals surface area (Å²) in [5.41, 5.74) is 1.98. The van der Waals surface area contributed by atoms with Crippen molar-refractivity contribution in [1.29, 1.82) is 0 Å². The molecule has 19 heavy (non-hydrogen) atoms. The molecule has 0 fully saturated rings. The van der Waals surface area contributed by atoms with Crippen LogP contribution in [0.15, 0.2) is 34.9 Å². The number of nitrogens with zero attached hydrogens (tertiary/aromatic N) is 2. The van der Waals surface area contributed by atoms with Gasteiger partial charge >= 0.3 is 0 Å². The Morgan fingerprint density at radius 1 is 1.47 bits per heavy atom. The molecule has 1 amide bonds. The van der Waals surface area contributed by atoms with Crippen LogP contribution < -0.4 is 5.32 Å². The topological polar surface area (TPSA) is 67.2 Å². The Labute approximate surface area is 119 Å². The summed E-state index contributed by atoms with van der Waals surface area (Å²) >= 11 is 3.41. The summed E-state index contributed by atoms with van der Waals surface area (Å²) in [4.78, 5) is 11.4. The predicted molar refractivity (Wildman–Crippen MR) is 75.3 cm³/mol. The lowest BCUT2D eigenvalue weighted by molar-refractivity contribution is 0.0957. The molecular weight excluding hydrogens is 310 g/mol. The van der Waals surface area contributed by atoms with E-state index in [2.05, 4.69) is 26.3 Å². The molecule has 2 aromatic rings. The van der Waals surface area contributed by atoms with Crippen LogP contribution in [0.4, 0.5) is 0 Å². The van der Waals surface area contributed by atoms with Crippen LogP contribution >= 0.6 is 15.9 Å². The van der Waals surface area contributed by atoms with Gasteiger partial charge in [0.05, 0.1) is 11.8 Å². The summed E-state index contributed by atoms with van der Waals surface area (Å²) in [5.74, 6) is -0.224. The number of amides is 1. The van der Waals surface area contributed by atoms with Crippen LogP contribution in [0.1, 0.15) is 29.1 Å². The van der Waals surface area contributed by atoms with E-state index in [4.69, 9.17) is 0 Å². The Morgan fingerprint density at radius 3 is 2.79 bits per heavy atom. The van der Waals surface area contributed by atoms with Crippen molar-refractivity contribution in [2.24, 2.45) is 0 Å². The monoisotopic (exact) mass is 323 g/mol. The molecule has 100 valence electrons. The van der Waals surface area contributed by atoms with E-state index in [0.29, 0.717) is 5.69 Å². The molecule has 0 radical (unpaired) electrons. The zero-order valence-corrected chi connectivity index (χ0v) is 12.2.